The summed E-state index contributed by atoms with van der Waals surface area (Å²) in [7, 11) is 0. The van der Waals surface area contributed by atoms with E-state index in [0.29, 0.717) is 16.8 Å². The number of pyridine rings is 2. The zero-order chi connectivity index (χ0) is 30.0. The molecule has 216 valence electrons. The topological polar surface area (TPSA) is 114 Å². The van der Waals surface area contributed by atoms with Gasteiger partial charge in [-0.25, -0.2) is 14.7 Å². The van der Waals surface area contributed by atoms with Gasteiger partial charge in [-0.3, -0.25) is 14.6 Å². The number of amides is 3. The van der Waals surface area contributed by atoms with Crippen LogP contribution in [0.25, 0.3) is 11.1 Å². The SMILES string of the molecule is O=C(Nc1ccc2c(c1)Nc1nccc(-c3ccncc3)c1S2)c1ccc(CC(=O)N2C(=O)OCC2c2ccccc2)cc1. The molecule has 2 aromatic heterocycles. The minimum atomic E-state index is -0.647. The Morgan fingerprint density at radius 1 is 0.955 bits per heavy atom. The van der Waals surface area contributed by atoms with E-state index < -0.39 is 12.1 Å². The zero-order valence-electron chi connectivity index (χ0n) is 23.3. The number of aromatic nitrogens is 2. The van der Waals surface area contributed by atoms with Gasteiger partial charge in [0, 0.05) is 40.3 Å². The summed E-state index contributed by atoms with van der Waals surface area (Å²) in [6.45, 7) is 0.125. The highest BCUT2D eigenvalue weighted by molar-refractivity contribution is 8.00. The van der Waals surface area contributed by atoms with Gasteiger partial charge in [-0.15, -0.1) is 0 Å². The van der Waals surface area contributed by atoms with Crippen LogP contribution in [-0.2, 0) is 16.0 Å². The lowest BCUT2D eigenvalue weighted by Crippen LogP contribution is -2.35. The van der Waals surface area contributed by atoms with Crippen LogP contribution in [0.4, 0.5) is 22.0 Å². The third-order valence-corrected chi connectivity index (χ3v) is 8.69. The number of nitrogens with zero attached hydrogens (tertiary/aromatic N) is 3. The second-order valence-electron chi connectivity index (χ2n) is 10.3. The van der Waals surface area contributed by atoms with E-state index in [1.54, 1.807) is 54.6 Å². The molecule has 1 unspecified atom stereocenters. The smallest absolute Gasteiger partial charge is 0.417 e. The fraction of sp³-hybridized carbons (Fsp3) is 0.0882. The van der Waals surface area contributed by atoms with E-state index in [-0.39, 0.29) is 24.8 Å². The van der Waals surface area contributed by atoms with E-state index >= 15 is 0 Å². The van der Waals surface area contributed by atoms with Gasteiger partial charge >= 0.3 is 6.09 Å². The Hall–Kier alpha value is -5.48. The number of carbonyl (C=O) groups excluding carboxylic acids is 3. The lowest BCUT2D eigenvalue weighted by atomic mass is 10.0. The fourth-order valence-corrected chi connectivity index (χ4v) is 6.36. The first-order valence-corrected chi connectivity index (χ1v) is 14.8. The predicted molar refractivity (Wildman–Crippen MR) is 167 cm³/mol. The van der Waals surface area contributed by atoms with Gasteiger partial charge in [0.05, 0.1) is 17.0 Å². The molecule has 1 fully saturated rings. The monoisotopic (exact) mass is 599 g/mol. The number of hydrogen-bond donors (Lipinski definition) is 2. The molecule has 44 heavy (non-hydrogen) atoms. The van der Waals surface area contributed by atoms with Gasteiger partial charge in [-0.1, -0.05) is 54.2 Å². The van der Waals surface area contributed by atoms with Crippen molar-refractivity contribution in [3.05, 3.63) is 126 Å². The van der Waals surface area contributed by atoms with Crippen molar-refractivity contribution in [3.8, 4) is 11.1 Å². The number of nitrogens with one attached hydrogen (secondary N) is 2. The molecule has 2 N–H and O–H groups in total. The van der Waals surface area contributed by atoms with Crippen LogP contribution in [0.5, 0.6) is 0 Å². The largest absolute Gasteiger partial charge is 0.446 e. The van der Waals surface area contributed by atoms with Crippen molar-refractivity contribution in [1.29, 1.82) is 0 Å². The molecule has 9 nitrogen and oxygen atoms in total. The number of imide groups is 1. The summed E-state index contributed by atoms with van der Waals surface area (Å²) in [5.74, 6) is 0.113. The Kier molecular flexibility index (Phi) is 7.25. The average molecular weight is 600 g/mol. The number of carbonyl (C=O) groups is 3. The lowest BCUT2D eigenvalue weighted by Gasteiger charge is -2.23. The molecule has 2 aliphatic heterocycles. The number of rotatable bonds is 6. The highest BCUT2D eigenvalue weighted by Crippen LogP contribution is 2.48. The first kappa shape index (κ1) is 27.4. The molecule has 7 rings (SSSR count). The summed E-state index contributed by atoms with van der Waals surface area (Å²) in [5, 5.41) is 6.35. The molecular weight excluding hydrogens is 574 g/mol. The second-order valence-corrected chi connectivity index (χ2v) is 11.4. The molecule has 10 heteroatoms. The molecule has 0 bridgehead atoms. The number of ether oxygens (including phenoxy) is 1. The molecule has 1 saturated heterocycles. The summed E-state index contributed by atoms with van der Waals surface area (Å²) in [4.78, 5) is 50.4. The third-order valence-electron chi connectivity index (χ3n) is 7.50. The van der Waals surface area contributed by atoms with E-state index in [2.05, 4.69) is 20.6 Å². The van der Waals surface area contributed by atoms with Crippen LogP contribution in [0.2, 0.25) is 0 Å². The van der Waals surface area contributed by atoms with Crippen molar-refractivity contribution in [1.82, 2.24) is 14.9 Å². The normalized spacial score (nSPS) is 15.0. The standard InChI is InChI=1S/C34H25N5O4S/c40-30(39-28(20-43-34(39)42)23-4-2-1-3-5-23)18-21-6-8-24(9-7-21)33(41)37-25-10-11-29-27(19-25)38-32-31(44-29)26(14-17-36-32)22-12-15-35-16-13-22/h1-17,19,28H,18,20H2,(H,36,38)(H,37,41). The van der Waals surface area contributed by atoms with Gasteiger partial charge in [0.15, 0.2) is 0 Å². The van der Waals surface area contributed by atoms with Gasteiger partial charge < -0.3 is 15.4 Å². The first-order valence-electron chi connectivity index (χ1n) is 14.0. The van der Waals surface area contributed by atoms with Crippen molar-refractivity contribution >= 4 is 46.9 Å². The number of hydrogen-bond acceptors (Lipinski definition) is 8. The molecular formula is C34H25N5O4S. The van der Waals surface area contributed by atoms with Crippen LogP contribution in [0.1, 0.15) is 27.5 Å². The molecule has 0 aliphatic carbocycles. The summed E-state index contributed by atoms with van der Waals surface area (Å²) < 4.78 is 5.18. The fourth-order valence-electron chi connectivity index (χ4n) is 5.29. The van der Waals surface area contributed by atoms with Crippen LogP contribution in [0, 0.1) is 0 Å². The third kappa shape index (κ3) is 5.38. The lowest BCUT2D eigenvalue weighted by molar-refractivity contribution is -0.128. The van der Waals surface area contributed by atoms with Crippen LogP contribution >= 0.6 is 11.8 Å². The quantitative estimate of drug-likeness (QED) is 0.213. The Morgan fingerprint density at radius 2 is 1.75 bits per heavy atom. The maximum atomic E-state index is 13.1. The molecule has 2 aliphatic rings. The Balaban J connectivity index is 1.01. The van der Waals surface area contributed by atoms with E-state index in [1.165, 1.54) is 4.90 Å². The maximum Gasteiger partial charge on any atom is 0.417 e. The maximum absolute atomic E-state index is 13.1. The molecule has 3 aromatic carbocycles. The zero-order valence-corrected chi connectivity index (χ0v) is 24.1. The summed E-state index contributed by atoms with van der Waals surface area (Å²) in [5.41, 5.74) is 5.58. The summed E-state index contributed by atoms with van der Waals surface area (Å²) in [6.07, 6.45) is 4.67. The van der Waals surface area contributed by atoms with Crippen LogP contribution < -0.4 is 10.6 Å². The Morgan fingerprint density at radius 3 is 2.55 bits per heavy atom. The van der Waals surface area contributed by atoms with Gasteiger partial charge in [0.25, 0.3) is 5.91 Å². The van der Waals surface area contributed by atoms with E-state index in [4.69, 9.17) is 4.74 Å². The molecule has 0 spiro atoms. The molecule has 0 radical (unpaired) electrons. The highest BCUT2D eigenvalue weighted by atomic mass is 32.2. The minimum Gasteiger partial charge on any atom is -0.446 e. The van der Waals surface area contributed by atoms with Gasteiger partial charge in [0.2, 0.25) is 5.91 Å². The van der Waals surface area contributed by atoms with Gasteiger partial charge in [-0.2, -0.15) is 0 Å². The number of anilines is 3. The molecule has 1 atom stereocenters. The van der Waals surface area contributed by atoms with E-state index in [9.17, 15) is 14.4 Å². The average Bonchev–Trinajstić information content (AvgIpc) is 3.46. The van der Waals surface area contributed by atoms with Crippen LogP contribution in [-0.4, -0.2) is 39.4 Å². The molecule has 0 saturated carbocycles. The van der Waals surface area contributed by atoms with Crippen molar-refractivity contribution in [2.24, 2.45) is 0 Å². The number of cyclic esters (lactones) is 1. The number of fused-ring (bicyclic) bond motifs is 2. The Labute approximate surface area is 257 Å². The Bertz CT molecular complexity index is 1880. The number of benzene rings is 3. The molecule has 4 heterocycles. The highest BCUT2D eigenvalue weighted by Gasteiger charge is 2.38. The van der Waals surface area contributed by atoms with Gasteiger partial charge in [0.1, 0.15) is 18.5 Å². The molecule has 5 aromatic rings. The molecule has 3 amide bonds. The first-order chi connectivity index (χ1) is 21.5. The summed E-state index contributed by atoms with van der Waals surface area (Å²) in [6, 6.07) is 27.3. The van der Waals surface area contributed by atoms with Crippen molar-refractivity contribution in [2.45, 2.75) is 22.3 Å². The second kappa shape index (κ2) is 11.7. The van der Waals surface area contributed by atoms with Crippen LogP contribution in [0.3, 0.4) is 0 Å². The minimum absolute atomic E-state index is 0.00682. The van der Waals surface area contributed by atoms with E-state index in [0.717, 1.165) is 38.0 Å². The van der Waals surface area contributed by atoms with E-state index in [1.807, 2.05) is 66.7 Å². The van der Waals surface area contributed by atoms with Crippen molar-refractivity contribution < 1.29 is 19.1 Å². The van der Waals surface area contributed by atoms with Crippen molar-refractivity contribution in [2.75, 3.05) is 17.2 Å². The summed E-state index contributed by atoms with van der Waals surface area (Å²) >= 11 is 1.62. The van der Waals surface area contributed by atoms with Crippen LogP contribution in [0.15, 0.2) is 119 Å². The van der Waals surface area contributed by atoms with Gasteiger partial charge in [-0.05, 0) is 65.2 Å². The van der Waals surface area contributed by atoms with Crippen molar-refractivity contribution in [3.63, 3.8) is 0 Å². The predicted octanol–water partition coefficient (Wildman–Crippen LogP) is 6.87.